The Morgan fingerprint density at radius 1 is 1.13 bits per heavy atom. The van der Waals surface area contributed by atoms with E-state index in [-0.39, 0.29) is 5.91 Å². The van der Waals surface area contributed by atoms with Gasteiger partial charge in [0.05, 0.1) is 6.26 Å². The van der Waals surface area contributed by atoms with Crippen molar-refractivity contribution in [2.45, 2.75) is 25.8 Å². The largest absolute Gasteiger partial charge is 0.459 e. The zero-order valence-corrected chi connectivity index (χ0v) is 12.5. The maximum Gasteiger partial charge on any atom is 0.291 e. The van der Waals surface area contributed by atoms with Crippen LogP contribution in [-0.4, -0.2) is 20.7 Å². The van der Waals surface area contributed by atoms with Crippen LogP contribution in [0.1, 0.15) is 29.2 Å². The van der Waals surface area contributed by atoms with Crippen LogP contribution in [0.25, 0.3) is 11.4 Å². The molecular formula is C17H16N4O2. The number of fused-ring (bicyclic) bond motifs is 1. The second-order valence-corrected chi connectivity index (χ2v) is 5.56. The van der Waals surface area contributed by atoms with E-state index in [1.807, 2.05) is 24.3 Å². The predicted molar refractivity (Wildman–Crippen MR) is 85.1 cm³/mol. The van der Waals surface area contributed by atoms with Crippen LogP contribution < -0.4 is 5.32 Å². The fourth-order valence-corrected chi connectivity index (χ4v) is 2.82. The van der Waals surface area contributed by atoms with Crippen LogP contribution in [0.5, 0.6) is 0 Å². The lowest BCUT2D eigenvalue weighted by molar-refractivity contribution is 0.0996. The van der Waals surface area contributed by atoms with Crippen molar-refractivity contribution in [3.8, 4) is 11.4 Å². The molecule has 116 valence electrons. The number of rotatable bonds is 3. The lowest BCUT2D eigenvalue weighted by atomic mass is 10.1. The first kappa shape index (κ1) is 13.8. The average Bonchev–Trinajstić information content (AvgIpc) is 3.25. The number of anilines is 1. The molecule has 23 heavy (non-hydrogen) atoms. The number of hydrogen-bond acceptors (Lipinski definition) is 4. The Labute approximate surface area is 133 Å². The summed E-state index contributed by atoms with van der Waals surface area (Å²) in [5.74, 6) is 1.98. The molecule has 1 aliphatic heterocycles. The van der Waals surface area contributed by atoms with Crippen molar-refractivity contribution in [2.75, 3.05) is 5.32 Å². The van der Waals surface area contributed by atoms with Crippen LogP contribution in [-0.2, 0) is 13.0 Å². The van der Waals surface area contributed by atoms with E-state index in [0.717, 1.165) is 36.6 Å². The van der Waals surface area contributed by atoms with Crippen molar-refractivity contribution in [1.82, 2.24) is 14.8 Å². The molecule has 1 aromatic carbocycles. The molecule has 0 bridgehead atoms. The molecular weight excluding hydrogens is 292 g/mol. The van der Waals surface area contributed by atoms with Crippen molar-refractivity contribution in [3.63, 3.8) is 0 Å². The summed E-state index contributed by atoms with van der Waals surface area (Å²) in [6.45, 7) is 0.967. The number of nitrogens with zero attached hydrogens (tertiary/aromatic N) is 3. The Bertz CT molecular complexity index is 819. The van der Waals surface area contributed by atoms with Crippen molar-refractivity contribution < 1.29 is 9.21 Å². The molecule has 0 saturated carbocycles. The number of aromatic nitrogens is 3. The van der Waals surface area contributed by atoms with Crippen LogP contribution in [0.15, 0.2) is 47.1 Å². The van der Waals surface area contributed by atoms with Crippen LogP contribution in [0, 0.1) is 0 Å². The van der Waals surface area contributed by atoms with Crippen molar-refractivity contribution >= 4 is 11.6 Å². The van der Waals surface area contributed by atoms with E-state index in [2.05, 4.69) is 20.1 Å². The summed E-state index contributed by atoms with van der Waals surface area (Å²) < 4.78 is 7.26. The van der Waals surface area contributed by atoms with Crippen molar-refractivity contribution in [3.05, 3.63) is 54.2 Å². The van der Waals surface area contributed by atoms with Gasteiger partial charge in [0.2, 0.25) is 0 Å². The number of hydrogen-bond donors (Lipinski definition) is 1. The van der Waals surface area contributed by atoms with Gasteiger partial charge in [0.1, 0.15) is 5.82 Å². The minimum Gasteiger partial charge on any atom is -0.459 e. The van der Waals surface area contributed by atoms with E-state index in [1.165, 1.54) is 12.7 Å². The Morgan fingerprint density at radius 2 is 2.00 bits per heavy atom. The van der Waals surface area contributed by atoms with Crippen molar-refractivity contribution in [1.29, 1.82) is 0 Å². The molecule has 0 spiro atoms. The van der Waals surface area contributed by atoms with Crippen LogP contribution in [0.3, 0.4) is 0 Å². The van der Waals surface area contributed by atoms with Gasteiger partial charge < -0.3 is 14.3 Å². The zero-order chi connectivity index (χ0) is 15.6. The van der Waals surface area contributed by atoms with Crippen LogP contribution in [0.4, 0.5) is 5.69 Å². The van der Waals surface area contributed by atoms with Crippen LogP contribution >= 0.6 is 0 Å². The molecule has 6 nitrogen and oxygen atoms in total. The summed E-state index contributed by atoms with van der Waals surface area (Å²) >= 11 is 0. The normalized spacial score (nSPS) is 13.6. The maximum absolute atomic E-state index is 11.9. The summed E-state index contributed by atoms with van der Waals surface area (Å²) in [5.41, 5.74) is 1.72. The SMILES string of the molecule is O=C(Nc1ccc(-c2nnc3n2CCCC3)cc1)c1ccco1. The van der Waals surface area contributed by atoms with E-state index < -0.39 is 0 Å². The van der Waals surface area contributed by atoms with Gasteiger partial charge in [0, 0.05) is 24.2 Å². The molecule has 6 heteroatoms. The molecule has 3 heterocycles. The number of amides is 1. The number of furan rings is 1. The average molecular weight is 308 g/mol. The highest BCUT2D eigenvalue weighted by Crippen LogP contribution is 2.24. The molecule has 0 atom stereocenters. The fourth-order valence-electron chi connectivity index (χ4n) is 2.82. The number of carbonyl (C=O) groups is 1. The van der Waals surface area contributed by atoms with Gasteiger partial charge >= 0.3 is 0 Å². The number of nitrogens with one attached hydrogen (secondary N) is 1. The van der Waals surface area contributed by atoms with Crippen molar-refractivity contribution in [2.24, 2.45) is 0 Å². The first-order chi connectivity index (χ1) is 11.3. The molecule has 0 unspecified atom stereocenters. The molecule has 4 rings (SSSR count). The second kappa shape index (κ2) is 5.72. The Balaban J connectivity index is 1.54. The highest BCUT2D eigenvalue weighted by atomic mass is 16.3. The molecule has 0 aliphatic carbocycles. The number of carbonyl (C=O) groups excluding carboxylic acids is 1. The summed E-state index contributed by atoms with van der Waals surface area (Å²) in [4.78, 5) is 11.9. The van der Waals surface area contributed by atoms with E-state index in [9.17, 15) is 4.79 Å². The highest BCUT2D eigenvalue weighted by Gasteiger charge is 2.17. The predicted octanol–water partition coefficient (Wildman–Crippen LogP) is 3.13. The summed E-state index contributed by atoms with van der Waals surface area (Å²) in [7, 11) is 0. The van der Waals surface area contributed by atoms with E-state index in [0.29, 0.717) is 11.4 Å². The Hall–Kier alpha value is -2.89. The van der Waals surface area contributed by atoms with E-state index in [4.69, 9.17) is 4.42 Å². The van der Waals surface area contributed by atoms with Gasteiger partial charge in [0.25, 0.3) is 5.91 Å². The summed E-state index contributed by atoms with van der Waals surface area (Å²) in [6.07, 6.45) is 4.81. The lowest BCUT2D eigenvalue weighted by Gasteiger charge is -2.14. The van der Waals surface area contributed by atoms with Crippen LogP contribution in [0.2, 0.25) is 0 Å². The smallest absolute Gasteiger partial charge is 0.291 e. The number of benzene rings is 1. The van der Waals surface area contributed by atoms with Gasteiger partial charge in [-0.1, -0.05) is 0 Å². The van der Waals surface area contributed by atoms with Gasteiger partial charge in [-0.2, -0.15) is 0 Å². The Morgan fingerprint density at radius 3 is 2.78 bits per heavy atom. The monoisotopic (exact) mass is 308 g/mol. The summed E-state index contributed by atoms with van der Waals surface area (Å²) in [5, 5.41) is 11.4. The van der Waals surface area contributed by atoms with Gasteiger partial charge in [-0.15, -0.1) is 10.2 Å². The third-order valence-corrected chi connectivity index (χ3v) is 4.01. The molecule has 1 aliphatic rings. The van der Waals surface area contributed by atoms with Gasteiger partial charge in [-0.3, -0.25) is 4.79 Å². The Kier molecular flexibility index (Phi) is 3.42. The zero-order valence-electron chi connectivity index (χ0n) is 12.5. The highest BCUT2D eigenvalue weighted by molar-refractivity contribution is 6.02. The molecule has 3 aromatic rings. The minimum absolute atomic E-state index is 0.261. The number of aryl methyl sites for hydroxylation is 1. The second-order valence-electron chi connectivity index (χ2n) is 5.56. The van der Waals surface area contributed by atoms with Gasteiger partial charge in [-0.05, 0) is 49.2 Å². The summed E-state index contributed by atoms with van der Waals surface area (Å²) in [6, 6.07) is 10.9. The van der Waals surface area contributed by atoms with E-state index in [1.54, 1.807) is 12.1 Å². The first-order valence-corrected chi connectivity index (χ1v) is 7.68. The minimum atomic E-state index is -0.261. The fraction of sp³-hybridized carbons (Fsp3) is 0.235. The third kappa shape index (κ3) is 2.63. The molecule has 1 amide bonds. The quantitative estimate of drug-likeness (QED) is 0.807. The molecule has 0 fully saturated rings. The standard InChI is InChI=1S/C17H16N4O2/c22-17(14-4-3-11-23-14)18-13-8-6-12(7-9-13)16-20-19-15-5-1-2-10-21(15)16/h3-4,6-9,11H,1-2,5,10H2,(H,18,22). The lowest BCUT2D eigenvalue weighted by Crippen LogP contribution is -2.12. The topological polar surface area (TPSA) is 73.0 Å². The van der Waals surface area contributed by atoms with E-state index >= 15 is 0 Å². The molecule has 1 N–H and O–H groups in total. The third-order valence-electron chi connectivity index (χ3n) is 4.01. The maximum atomic E-state index is 11.9. The molecule has 2 aromatic heterocycles. The molecule has 0 radical (unpaired) electrons. The molecule has 0 saturated heterocycles. The first-order valence-electron chi connectivity index (χ1n) is 7.68. The van der Waals surface area contributed by atoms with Gasteiger partial charge in [-0.25, -0.2) is 0 Å². The van der Waals surface area contributed by atoms with Gasteiger partial charge in [0.15, 0.2) is 11.6 Å².